The van der Waals surface area contributed by atoms with Crippen molar-refractivity contribution >= 4 is 28.6 Å². The van der Waals surface area contributed by atoms with Gasteiger partial charge in [0.2, 0.25) is 5.60 Å². The molecule has 0 amide bonds. The number of rotatable bonds is 7. The molecule has 4 rings (SSSR count). The third-order valence-electron chi connectivity index (χ3n) is 7.04. The van der Waals surface area contributed by atoms with Crippen LogP contribution in [0.25, 0.3) is 10.9 Å². The van der Waals surface area contributed by atoms with E-state index in [2.05, 4.69) is 30.9 Å². The Morgan fingerprint density at radius 2 is 2.06 bits per heavy atom. The Morgan fingerprint density at radius 3 is 2.82 bits per heavy atom. The van der Waals surface area contributed by atoms with Gasteiger partial charge in [0.1, 0.15) is 6.10 Å². The number of oxime groups is 1. The van der Waals surface area contributed by atoms with Gasteiger partial charge in [-0.3, -0.25) is 0 Å². The maximum Gasteiger partial charge on any atom is 0.356 e. The molecule has 1 aliphatic heterocycles. The third kappa shape index (κ3) is 4.77. The first-order valence-corrected chi connectivity index (χ1v) is 12.0. The molecule has 4 atom stereocenters. The smallest absolute Gasteiger partial charge is 0.356 e. The highest BCUT2D eigenvalue weighted by Crippen LogP contribution is 2.38. The molecule has 33 heavy (non-hydrogen) atoms. The number of nitrogens with one attached hydrogen (secondary N) is 1. The fourth-order valence-corrected chi connectivity index (χ4v) is 5.16. The summed E-state index contributed by atoms with van der Waals surface area (Å²) < 4.78 is 11.3. The molecule has 0 bridgehead atoms. The van der Waals surface area contributed by atoms with E-state index in [9.17, 15) is 9.59 Å². The number of para-hydroxylation sites is 1. The molecule has 2 heterocycles. The van der Waals surface area contributed by atoms with E-state index >= 15 is 0 Å². The fourth-order valence-electron chi connectivity index (χ4n) is 5.16. The fraction of sp³-hybridized carbons (Fsp3) is 0.577. The maximum atomic E-state index is 13.7. The van der Waals surface area contributed by atoms with Gasteiger partial charge in [0.25, 0.3) is 0 Å². The van der Waals surface area contributed by atoms with Crippen molar-refractivity contribution in [1.29, 1.82) is 0 Å². The van der Waals surface area contributed by atoms with Crippen molar-refractivity contribution in [2.75, 3.05) is 6.61 Å². The van der Waals surface area contributed by atoms with Gasteiger partial charge in [-0.15, -0.1) is 0 Å². The van der Waals surface area contributed by atoms with Crippen LogP contribution in [0.1, 0.15) is 58.9 Å². The quantitative estimate of drug-likeness (QED) is 0.608. The predicted octanol–water partition coefficient (Wildman–Crippen LogP) is 4.79. The molecule has 1 N–H and O–H groups in total. The number of aromatic amines is 1. The van der Waals surface area contributed by atoms with E-state index in [0.29, 0.717) is 17.8 Å². The summed E-state index contributed by atoms with van der Waals surface area (Å²) in [4.78, 5) is 35.1. The van der Waals surface area contributed by atoms with Gasteiger partial charge in [0, 0.05) is 23.5 Å². The van der Waals surface area contributed by atoms with Crippen molar-refractivity contribution in [3.8, 4) is 0 Å². The zero-order chi connectivity index (χ0) is 23.6. The van der Waals surface area contributed by atoms with Crippen molar-refractivity contribution in [2.24, 2.45) is 22.9 Å². The molecule has 178 valence electrons. The van der Waals surface area contributed by atoms with Crippen LogP contribution in [0.4, 0.5) is 0 Å². The lowest BCUT2D eigenvalue weighted by atomic mass is 9.75. The molecule has 1 saturated carbocycles. The first-order chi connectivity index (χ1) is 15.8. The second kappa shape index (κ2) is 9.57. The molecule has 0 spiro atoms. The molecule has 0 radical (unpaired) electrons. The minimum absolute atomic E-state index is 0.0266. The van der Waals surface area contributed by atoms with Crippen molar-refractivity contribution < 1.29 is 23.9 Å². The van der Waals surface area contributed by atoms with Crippen LogP contribution in [0.15, 0.2) is 35.6 Å². The van der Waals surface area contributed by atoms with E-state index in [1.54, 1.807) is 6.92 Å². The Kier molecular flexibility index (Phi) is 6.77. The minimum atomic E-state index is -1.39. The highest BCUT2D eigenvalue weighted by Gasteiger charge is 2.51. The summed E-state index contributed by atoms with van der Waals surface area (Å²) in [5, 5.41) is 4.99. The zero-order valence-electron chi connectivity index (χ0n) is 19.9. The Hall–Kier alpha value is -2.83. The van der Waals surface area contributed by atoms with E-state index in [4.69, 9.17) is 14.3 Å². The lowest BCUT2D eigenvalue weighted by Crippen LogP contribution is -2.47. The average molecular weight is 455 g/mol. The van der Waals surface area contributed by atoms with Crippen molar-refractivity contribution in [3.63, 3.8) is 0 Å². The summed E-state index contributed by atoms with van der Waals surface area (Å²) >= 11 is 0. The lowest BCUT2D eigenvalue weighted by Gasteiger charge is -2.38. The first-order valence-electron chi connectivity index (χ1n) is 12.0. The first kappa shape index (κ1) is 23.3. The average Bonchev–Trinajstić information content (AvgIpc) is 3.40. The van der Waals surface area contributed by atoms with Crippen LogP contribution in [0.5, 0.6) is 0 Å². The monoisotopic (exact) mass is 454 g/mol. The molecule has 0 saturated heterocycles. The number of ether oxygens (including phenoxy) is 2. The summed E-state index contributed by atoms with van der Waals surface area (Å²) in [6.45, 7) is 8.52. The summed E-state index contributed by atoms with van der Waals surface area (Å²) in [6.07, 6.45) is 5.00. The van der Waals surface area contributed by atoms with E-state index in [1.165, 1.54) is 0 Å². The second-order valence-electron chi connectivity index (χ2n) is 9.83. The molecule has 2 aromatic rings. The highest BCUT2D eigenvalue weighted by molar-refractivity contribution is 6.37. The van der Waals surface area contributed by atoms with Gasteiger partial charge in [0.15, 0.2) is 5.71 Å². The van der Waals surface area contributed by atoms with Crippen LogP contribution in [0.2, 0.25) is 0 Å². The van der Waals surface area contributed by atoms with Gasteiger partial charge in [-0.05, 0) is 49.1 Å². The predicted molar refractivity (Wildman–Crippen MR) is 126 cm³/mol. The number of carbonyl (C=O) groups is 2. The normalized spacial score (nSPS) is 27.3. The number of aromatic nitrogens is 1. The highest BCUT2D eigenvalue weighted by atomic mass is 16.7. The molecule has 7 heteroatoms. The lowest BCUT2D eigenvalue weighted by molar-refractivity contribution is -0.181. The van der Waals surface area contributed by atoms with E-state index in [1.807, 2.05) is 30.5 Å². The van der Waals surface area contributed by atoms with Crippen LogP contribution in [0, 0.1) is 17.8 Å². The van der Waals surface area contributed by atoms with Crippen LogP contribution >= 0.6 is 0 Å². The summed E-state index contributed by atoms with van der Waals surface area (Å²) in [5.74, 6) is 0.203. The van der Waals surface area contributed by atoms with Crippen LogP contribution in [0.3, 0.4) is 0 Å². The third-order valence-corrected chi connectivity index (χ3v) is 7.04. The standard InChI is InChI=1S/C26H34N2O5/c1-5-31-24(29)22-14-26(33-28-22,13-18-15-27-21-9-7-6-8-20(18)21)25(30)32-23-12-17(4)10-11-19(23)16(2)3/h6-9,15-17,19,23,27H,5,10-14H2,1-4H3/t17-,19+,23-,26+/m1/s1. The number of benzene rings is 1. The molecule has 1 aromatic heterocycles. The Morgan fingerprint density at radius 1 is 1.27 bits per heavy atom. The summed E-state index contributed by atoms with van der Waals surface area (Å²) in [5.41, 5.74) is 0.614. The summed E-state index contributed by atoms with van der Waals surface area (Å²) in [6, 6.07) is 7.89. The number of hydrogen-bond donors (Lipinski definition) is 1. The number of carbonyl (C=O) groups excluding carboxylic acids is 2. The Bertz CT molecular complexity index is 1040. The molecular weight excluding hydrogens is 420 g/mol. The van der Waals surface area contributed by atoms with Crippen molar-refractivity contribution in [2.45, 2.75) is 71.5 Å². The molecule has 0 unspecified atom stereocenters. The van der Waals surface area contributed by atoms with Crippen molar-refractivity contribution in [3.05, 3.63) is 36.0 Å². The minimum Gasteiger partial charge on any atom is -0.461 e. The number of fused-ring (bicyclic) bond motifs is 1. The van der Waals surface area contributed by atoms with E-state index in [0.717, 1.165) is 35.7 Å². The number of nitrogens with zero attached hydrogens (tertiary/aromatic N) is 1. The Balaban J connectivity index is 1.61. The van der Waals surface area contributed by atoms with Gasteiger partial charge >= 0.3 is 11.9 Å². The molecule has 7 nitrogen and oxygen atoms in total. The Labute approximate surface area is 194 Å². The largest absolute Gasteiger partial charge is 0.461 e. The van der Waals surface area contributed by atoms with Gasteiger partial charge in [-0.1, -0.05) is 50.5 Å². The van der Waals surface area contributed by atoms with Crippen molar-refractivity contribution in [1.82, 2.24) is 4.98 Å². The van der Waals surface area contributed by atoms with Gasteiger partial charge < -0.3 is 19.3 Å². The molecule has 1 aromatic carbocycles. The number of H-pyrrole nitrogens is 1. The number of hydrogen-bond acceptors (Lipinski definition) is 6. The molecule has 2 aliphatic rings. The summed E-state index contributed by atoms with van der Waals surface area (Å²) in [7, 11) is 0. The van der Waals surface area contributed by atoms with Crippen LogP contribution in [-0.2, 0) is 30.3 Å². The van der Waals surface area contributed by atoms with E-state index < -0.39 is 17.5 Å². The maximum absolute atomic E-state index is 13.7. The second-order valence-corrected chi connectivity index (χ2v) is 9.83. The van der Waals surface area contributed by atoms with Gasteiger partial charge in [-0.25, -0.2) is 9.59 Å². The van der Waals surface area contributed by atoms with Crippen LogP contribution in [-0.4, -0.2) is 40.9 Å². The molecular formula is C26H34N2O5. The van der Waals surface area contributed by atoms with E-state index in [-0.39, 0.29) is 31.3 Å². The molecule has 1 aliphatic carbocycles. The molecule has 1 fully saturated rings. The van der Waals surface area contributed by atoms with Gasteiger partial charge in [-0.2, -0.15) is 0 Å². The number of esters is 2. The zero-order valence-corrected chi connectivity index (χ0v) is 19.9. The van der Waals surface area contributed by atoms with Crippen LogP contribution < -0.4 is 0 Å². The van der Waals surface area contributed by atoms with Gasteiger partial charge in [0.05, 0.1) is 13.0 Å². The SMILES string of the molecule is CCOC(=O)C1=NO[C@](Cc2c[nH]c3ccccc23)(C(=O)O[C@@H]2C[C@H](C)CC[C@H]2C(C)C)C1. The topological polar surface area (TPSA) is 90.0 Å².